The fourth-order valence-corrected chi connectivity index (χ4v) is 3.61. The third kappa shape index (κ3) is 3.60. The molecule has 0 saturated carbocycles. The fraction of sp³-hybridized carbons (Fsp3) is 0.250. The number of anilines is 1. The molecule has 5 heteroatoms. The van der Waals surface area contributed by atoms with E-state index in [-0.39, 0.29) is 5.82 Å². The van der Waals surface area contributed by atoms with Crippen LogP contribution in [0.4, 0.5) is 10.1 Å². The number of halogens is 2. The predicted molar refractivity (Wildman–Crippen MR) is 101 cm³/mol. The molecule has 2 aromatic carbocycles. The number of hydrogen-bond donors (Lipinski definition) is 0. The second-order valence-corrected chi connectivity index (χ2v) is 6.82. The minimum Gasteiger partial charge on any atom is -0.369 e. The van der Waals surface area contributed by atoms with Crippen molar-refractivity contribution in [3.8, 4) is 0 Å². The van der Waals surface area contributed by atoms with Crippen molar-refractivity contribution >= 4 is 28.2 Å². The maximum atomic E-state index is 13.9. The summed E-state index contributed by atoms with van der Waals surface area (Å²) < 4.78 is 13.9. The van der Waals surface area contributed by atoms with E-state index in [1.165, 1.54) is 0 Å². The van der Waals surface area contributed by atoms with Crippen LogP contribution in [0.1, 0.15) is 5.56 Å². The molecule has 1 saturated heterocycles. The molecular weight excluding hydrogens is 337 g/mol. The molecule has 0 spiro atoms. The van der Waals surface area contributed by atoms with E-state index >= 15 is 0 Å². The smallest absolute Gasteiger partial charge is 0.124 e. The van der Waals surface area contributed by atoms with Crippen LogP contribution < -0.4 is 4.90 Å². The first-order valence-corrected chi connectivity index (χ1v) is 8.83. The summed E-state index contributed by atoms with van der Waals surface area (Å²) in [6, 6.07) is 14.9. The number of piperazine rings is 1. The molecule has 3 aromatic rings. The SMILES string of the molecule is Fc1cc(CN2CCN(c3cccc(Cl)c3)CC2)c2ncccc2c1. The number of rotatable bonds is 3. The summed E-state index contributed by atoms with van der Waals surface area (Å²) >= 11 is 6.09. The normalized spacial score (nSPS) is 15.7. The van der Waals surface area contributed by atoms with Crippen molar-refractivity contribution in [3.63, 3.8) is 0 Å². The van der Waals surface area contributed by atoms with Gasteiger partial charge in [0, 0.05) is 55.0 Å². The fourth-order valence-electron chi connectivity index (χ4n) is 3.43. The van der Waals surface area contributed by atoms with E-state index in [4.69, 9.17) is 11.6 Å². The highest BCUT2D eigenvalue weighted by Gasteiger charge is 2.18. The number of nitrogens with zero attached hydrogens (tertiary/aromatic N) is 3. The van der Waals surface area contributed by atoms with Crippen LogP contribution >= 0.6 is 11.6 Å². The first-order valence-electron chi connectivity index (χ1n) is 8.45. The number of fused-ring (bicyclic) bond motifs is 1. The Balaban J connectivity index is 1.47. The molecule has 0 bridgehead atoms. The Kier molecular flexibility index (Phi) is 4.55. The molecule has 2 heterocycles. The van der Waals surface area contributed by atoms with Gasteiger partial charge in [-0.05, 0) is 42.0 Å². The molecule has 4 rings (SSSR count). The first kappa shape index (κ1) is 16.3. The van der Waals surface area contributed by atoms with Crippen molar-refractivity contribution in [1.29, 1.82) is 0 Å². The molecule has 25 heavy (non-hydrogen) atoms. The second-order valence-electron chi connectivity index (χ2n) is 6.38. The van der Waals surface area contributed by atoms with Crippen molar-refractivity contribution in [2.24, 2.45) is 0 Å². The Bertz CT molecular complexity index is 891. The lowest BCUT2D eigenvalue weighted by Crippen LogP contribution is -2.46. The highest BCUT2D eigenvalue weighted by molar-refractivity contribution is 6.30. The van der Waals surface area contributed by atoms with Gasteiger partial charge in [-0.25, -0.2) is 4.39 Å². The molecule has 1 aromatic heterocycles. The number of hydrogen-bond acceptors (Lipinski definition) is 3. The van der Waals surface area contributed by atoms with Gasteiger partial charge in [0.15, 0.2) is 0 Å². The Labute approximate surface area is 151 Å². The third-order valence-corrected chi connectivity index (χ3v) is 4.92. The van der Waals surface area contributed by atoms with Crippen LogP contribution in [-0.2, 0) is 6.54 Å². The standard InChI is InChI=1S/C20H19ClFN3/c21-17-4-1-5-19(13-17)25-9-7-24(8-10-25)14-16-12-18(22)11-15-3-2-6-23-20(15)16/h1-6,11-13H,7-10,14H2. The third-order valence-electron chi connectivity index (χ3n) is 4.69. The molecule has 128 valence electrons. The monoisotopic (exact) mass is 355 g/mol. The van der Waals surface area contributed by atoms with Crippen LogP contribution in [0.3, 0.4) is 0 Å². The van der Waals surface area contributed by atoms with E-state index in [0.29, 0.717) is 6.54 Å². The van der Waals surface area contributed by atoms with Gasteiger partial charge in [-0.1, -0.05) is 23.7 Å². The Morgan fingerprint density at radius 2 is 1.84 bits per heavy atom. The largest absolute Gasteiger partial charge is 0.369 e. The van der Waals surface area contributed by atoms with Gasteiger partial charge in [0.2, 0.25) is 0 Å². The van der Waals surface area contributed by atoms with E-state index in [0.717, 1.165) is 53.4 Å². The van der Waals surface area contributed by atoms with Gasteiger partial charge in [0.1, 0.15) is 5.82 Å². The summed E-state index contributed by atoms with van der Waals surface area (Å²) in [6.45, 7) is 4.44. The molecule has 0 N–H and O–H groups in total. The molecule has 0 amide bonds. The molecule has 0 atom stereocenters. The van der Waals surface area contributed by atoms with Crippen LogP contribution in [0.15, 0.2) is 54.7 Å². The minimum atomic E-state index is -0.201. The zero-order valence-corrected chi connectivity index (χ0v) is 14.6. The highest BCUT2D eigenvalue weighted by Crippen LogP contribution is 2.23. The van der Waals surface area contributed by atoms with E-state index in [1.54, 1.807) is 18.3 Å². The maximum absolute atomic E-state index is 13.9. The summed E-state index contributed by atoms with van der Waals surface area (Å²) in [5, 5.41) is 1.62. The summed E-state index contributed by atoms with van der Waals surface area (Å²) in [6.07, 6.45) is 1.76. The Morgan fingerprint density at radius 1 is 1.00 bits per heavy atom. The lowest BCUT2D eigenvalue weighted by Gasteiger charge is -2.36. The molecule has 1 aliphatic heterocycles. The van der Waals surface area contributed by atoms with Gasteiger partial charge in [-0.3, -0.25) is 9.88 Å². The minimum absolute atomic E-state index is 0.201. The van der Waals surface area contributed by atoms with Gasteiger partial charge in [0.05, 0.1) is 5.52 Å². The predicted octanol–water partition coefficient (Wildman–Crippen LogP) is 4.35. The molecule has 3 nitrogen and oxygen atoms in total. The second kappa shape index (κ2) is 6.98. The molecule has 0 radical (unpaired) electrons. The zero-order valence-electron chi connectivity index (χ0n) is 13.8. The van der Waals surface area contributed by atoms with Gasteiger partial charge >= 0.3 is 0 Å². The molecular formula is C20H19ClFN3. The topological polar surface area (TPSA) is 19.4 Å². The molecule has 0 unspecified atom stereocenters. The van der Waals surface area contributed by atoms with Gasteiger partial charge in [-0.2, -0.15) is 0 Å². The van der Waals surface area contributed by atoms with Crippen LogP contribution in [0.2, 0.25) is 5.02 Å². The average molecular weight is 356 g/mol. The van der Waals surface area contributed by atoms with Crippen molar-refractivity contribution in [3.05, 3.63) is 71.1 Å². The maximum Gasteiger partial charge on any atom is 0.124 e. The van der Waals surface area contributed by atoms with Crippen LogP contribution in [-0.4, -0.2) is 36.1 Å². The highest BCUT2D eigenvalue weighted by atomic mass is 35.5. The lowest BCUT2D eigenvalue weighted by atomic mass is 10.1. The number of aromatic nitrogens is 1. The summed E-state index contributed by atoms with van der Waals surface area (Å²) in [5.41, 5.74) is 3.00. The average Bonchev–Trinajstić information content (AvgIpc) is 2.62. The molecule has 1 fully saturated rings. The molecule has 0 aliphatic carbocycles. The van der Waals surface area contributed by atoms with Crippen molar-refractivity contribution < 1.29 is 4.39 Å². The van der Waals surface area contributed by atoms with Crippen LogP contribution in [0.25, 0.3) is 10.9 Å². The quantitative estimate of drug-likeness (QED) is 0.696. The van der Waals surface area contributed by atoms with E-state index in [2.05, 4.69) is 20.9 Å². The van der Waals surface area contributed by atoms with Gasteiger partial charge in [0.25, 0.3) is 0 Å². The summed E-state index contributed by atoms with van der Waals surface area (Å²) in [4.78, 5) is 9.13. The Hall–Kier alpha value is -2.17. The van der Waals surface area contributed by atoms with E-state index in [9.17, 15) is 4.39 Å². The van der Waals surface area contributed by atoms with Crippen molar-refractivity contribution in [2.75, 3.05) is 31.1 Å². The van der Waals surface area contributed by atoms with E-state index < -0.39 is 0 Å². The summed E-state index contributed by atoms with van der Waals surface area (Å²) in [5.74, 6) is -0.201. The van der Waals surface area contributed by atoms with Crippen LogP contribution in [0.5, 0.6) is 0 Å². The van der Waals surface area contributed by atoms with Gasteiger partial charge in [-0.15, -0.1) is 0 Å². The van der Waals surface area contributed by atoms with Crippen molar-refractivity contribution in [1.82, 2.24) is 9.88 Å². The lowest BCUT2D eigenvalue weighted by molar-refractivity contribution is 0.250. The van der Waals surface area contributed by atoms with Crippen LogP contribution in [0, 0.1) is 5.82 Å². The summed E-state index contributed by atoms with van der Waals surface area (Å²) in [7, 11) is 0. The first-order chi connectivity index (χ1) is 12.2. The number of pyridine rings is 1. The number of benzene rings is 2. The van der Waals surface area contributed by atoms with E-state index in [1.807, 2.05) is 30.3 Å². The van der Waals surface area contributed by atoms with Gasteiger partial charge < -0.3 is 4.90 Å². The van der Waals surface area contributed by atoms with Crippen molar-refractivity contribution in [2.45, 2.75) is 6.54 Å². The Morgan fingerprint density at radius 3 is 2.64 bits per heavy atom. The molecule has 1 aliphatic rings. The zero-order chi connectivity index (χ0) is 17.2.